The Hall–Kier alpha value is -1.28. The summed E-state index contributed by atoms with van der Waals surface area (Å²) in [4.78, 5) is 0. The molecule has 0 aliphatic carbocycles. The Morgan fingerprint density at radius 2 is 2.00 bits per heavy atom. The van der Waals surface area contributed by atoms with E-state index in [1.165, 1.54) is 16.6 Å². The van der Waals surface area contributed by atoms with Gasteiger partial charge in [0.1, 0.15) is 0 Å². The molecule has 2 rings (SSSR count). The van der Waals surface area contributed by atoms with E-state index in [1.54, 1.807) is 0 Å². The fourth-order valence-corrected chi connectivity index (χ4v) is 2.17. The molecule has 0 unspecified atom stereocenters. The van der Waals surface area contributed by atoms with Gasteiger partial charge in [0.05, 0.1) is 6.61 Å². The van der Waals surface area contributed by atoms with E-state index >= 15 is 0 Å². The van der Waals surface area contributed by atoms with E-state index in [9.17, 15) is 0 Å². The van der Waals surface area contributed by atoms with Gasteiger partial charge < -0.3 is 9.30 Å². The topological polar surface area (TPSA) is 14.2 Å². The molecule has 2 aromatic rings. The van der Waals surface area contributed by atoms with E-state index in [4.69, 9.17) is 4.74 Å². The standard InChI is InChI=1S/C14H19NO/c1-3-15-13(9-10-16-4-2)11-12-7-5-6-8-14(12)15/h5-8,11H,3-4,9-10H2,1-2H3. The molecule has 0 aliphatic rings. The lowest BCUT2D eigenvalue weighted by molar-refractivity contribution is 0.149. The first-order valence-electron chi connectivity index (χ1n) is 6.01. The van der Waals surface area contributed by atoms with Crippen molar-refractivity contribution in [2.45, 2.75) is 26.8 Å². The summed E-state index contributed by atoms with van der Waals surface area (Å²) in [7, 11) is 0. The average molecular weight is 217 g/mol. The molecule has 0 atom stereocenters. The van der Waals surface area contributed by atoms with Crippen molar-refractivity contribution in [2.75, 3.05) is 13.2 Å². The van der Waals surface area contributed by atoms with Crippen LogP contribution in [0, 0.1) is 0 Å². The SMILES string of the molecule is CCOCCc1cc2ccccc2n1CC. The van der Waals surface area contributed by atoms with Crippen molar-refractivity contribution in [2.24, 2.45) is 0 Å². The monoisotopic (exact) mass is 217 g/mol. The summed E-state index contributed by atoms with van der Waals surface area (Å²) in [6.45, 7) is 6.86. The zero-order valence-corrected chi connectivity index (χ0v) is 10.1. The number of aromatic nitrogens is 1. The van der Waals surface area contributed by atoms with Crippen LogP contribution >= 0.6 is 0 Å². The fourth-order valence-electron chi connectivity index (χ4n) is 2.17. The highest BCUT2D eigenvalue weighted by atomic mass is 16.5. The Balaban J connectivity index is 2.29. The molecule has 0 saturated heterocycles. The van der Waals surface area contributed by atoms with E-state index in [0.717, 1.165) is 26.2 Å². The smallest absolute Gasteiger partial charge is 0.0520 e. The molecule has 0 spiro atoms. The molecule has 16 heavy (non-hydrogen) atoms. The molecular formula is C14H19NO. The van der Waals surface area contributed by atoms with Gasteiger partial charge in [-0.15, -0.1) is 0 Å². The maximum absolute atomic E-state index is 5.42. The Morgan fingerprint density at radius 3 is 2.75 bits per heavy atom. The number of rotatable bonds is 5. The molecule has 0 saturated carbocycles. The summed E-state index contributed by atoms with van der Waals surface area (Å²) >= 11 is 0. The van der Waals surface area contributed by atoms with Crippen LogP contribution in [0.3, 0.4) is 0 Å². The van der Waals surface area contributed by atoms with Crippen molar-refractivity contribution in [1.29, 1.82) is 0 Å². The predicted molar refractivity (Wildman–Crippen MR) is 67.8 cm³/mol. The van der Waals surface area contributed by atoms with Gasteiger partial charge in [0, 0.05) is 30.8 Å². The first-order valence-corrected chi connectivity index (χ1v) is 6.01. The van der Waals surface area contributed by atoms with Gasteiger partial charge in [0.2, 0.25) is 0 Å². The summed E-state index contributed by atoms with van der Waals surface area (Å²) in [5, 5.41) is 1.33. The highest BCUT2D eigenvalue weighted by Gasteiger charge is 2.06. The third-order valence-electron chi connectivity index (χ3n) is 2.92. The van der Waals surface area contributed by atoms with Gasteiger partial charge in [-0.05, 0) is 31.4 Å². The van der Waals surface area contributed by atoms with Crippen LogP contribution in [0.1, 0.15) is 19.5 Å². The molecule has 0 bridgehead atoms. The van der Waals surface area contributed by atoms with Crippen LogP contribution in [-0.2, 0) is 17.7 Å². The summed E-state index contributed by atoms with van der Waals surface area (Å²) in [6.07, 6.45) is 0.996. The summed E-state index contributed by atoms with van der Waals surface area (Å²) in [5.74, 6) is 0. The Morgan fingerprint density at radius 1 is 1.19 bits per heavy atom. The van der Waals surface area contributed by atoms with Crippen LogP contribution in [0.25, 0.3) is 10.9 Å². The number of fused-ring (bicyclic) bond motifs is 1. The second-order valence-electron chi connectivity index (χ2n) is 3.89. The molecule has 2 heteroatoms. The number of hydrogen-bond acceptors (Lipinski definition) is 1. The average Bonchev–Trinajstić information content (AvgIpc) is 2.67. The lowest BCUT2D eigenvalue weighted by Gasteiger charge is -2.07. The Bertz CT molecular complexity index is 459. The lowest BCUT2D eigenvalue weighted by Crippen LogP contribution is -2.04. The van der Waals surface area contributed by atoms with E-state index in [-0.39, 0.29) is 0 Å². The largest absolute Gasteiger partial charge is 0.381 e. The summed E-state index contributed by atoms with van der Waals surface area (Å²) in [5.41, 5.74) is 2.70. The molecule has 0 N–H and O–H groups in total. The van der Waals surface area contributed by atoms with Gasteiger partial charge >= 0.3 is 0 Å². The number of para-hydroxylation sites is 1. The van der Waals surface area contributed by atoms with Crippen molar-refractivity contribution < 1.29 is 4.74 Å². The molecule has 2 nitrogen and oxygen atoms in total. The highest BCUT2D eigenvalue weighted by Crippen LogP contribution is 2.20. The minimum atomic E-state index is 0.798. The molecule has 0 amide bonds. The van der Waals surface area contributed by atoms with Crippen LogP contribution < -0.4 is 0 Å². The van der Waals surface area contributed by atoms with Crippen molar-refractivity contribution >= 4 is 10.9 Å². The molecule has 1 aromatic heterocycles. The fraction of sp³-hybridized carbons (Fsp3) is 0.429. The van der Waals surface area contributed by atoms with Crippen LogP contribution in [0.5, 0.6) is 0 Å². The van der Waals surface area contributed by atoms with E-state index in [1.807, 2.05) is 6.92 Å². The van der Waals surface area contributed by atoms with E-state index < -0.39 is 0 Å². The first-order chi connectivity index (χ1) is 7.86. The summed E-state index contributed by atoms with van der Waals surface area (Å²) in [6, 6.07) is 10.8. The van der Waals surface area contributed by atoms with Crippen LogP contribution in [0.4, 0.5) is 0 Å². The third kappa shape index (κ3) is 2.12. The molecule has 1 aromatic carbocycles. The van der Waals surface area contributed by atoms with Gasteiger partial charge in [-0.25, -0.2) is 0 Å². The quantitative estimate of drug-likeness (QED) is 0.701. The number of hydrogen-bond donors (Lipinski definition) is 0. The molecule has 1 heterocycles. The predicted octanol–water partition coefficient (Wildman–Crippen LogP) is 3.24. The number of benzene rings is 1. The summed E-state index contributed by atoms with van der Waals surface area (Å²) < 4.78 is 7.79. The zero-order chi connectivity index (χ0) is 11.4. The number of ether oxygens (including phenoxy) is 1. The minimum absolute atomic E-state index is 0.798. The highest BCUT2D eigenvalue weighted by molar-refractivity contribution is 5.81. The van der Waals surface area contributed by atoms with E-state index in [0.29, 0.717) is 0 Å². The third-order valence-corrected chi connectivity index (χ3v) is 2.92. The lowest BCUT2D eigenvalue weighted by atomic mass is 10.2. The van der Waals surface area contributed by atoms with Crippen molar-refractivity contribution in [3.63, 3.8) is 0 Å². The van der Waals surface area contributed by atoms with Gasteiger partial charge in [-0.3, -0.25) is 0 Å². The van der Waals surface area contributed by atoms with Gasteiger partial charge in [0.25, 0.3) is 0 Å². The first kappa shape index (κ1) is 11.2. The van der Waals surface area contributed by atoms with Crippen molar-refractivity contribution in [3.05, 3.63) is 36.0 Å². The van der Waals surface area contributed by atoms with E-state index in [2.05, 4.69) is 41.8 Å². The zero-order valence-electron chi connectivity index (χ0n) is 10.1. The van der Waals surface area contributed by atoms with Gasteiger partial charge in [0.15, 0.2) is 0 Å². The van der Waals surface area contributed by atoms with Gasteiger partial charge in [-0.1, -0.05) is 18.2 Å². The normalized spacial score (nSPS) is 11.1. The van der Waals surface area contributed by atoms with Crippen LogP contribution in [-0.4, -0.2) is 17.8 Å². The Kier molecular flexibility index (Phi) is 3.62. The van der Waals surface area contributed by atoms with Crippen molar-refractivity contribution in [1.82, 2.24) is 4.57 Å². The van der Waals surface area contributed by atoms with Crippen LogP contribution in [0.15, 0.2) is 30.3 Å². The second kappa shape index (κ2) is 5.17. The van der Waals surface area contributed by atoms with Crippen LogP contribution in [0.2, 0.25) is 0 Å². The Labute approximate surface area is 96.8 Å². The maximum Gasteiger partial charge on any atom is 0.0520 e. The molecule has 0 fully saturated rings. The second-order valence-corrected chi connectivity index (χ2v) is 3.89. The molecule has 0 radical (unpaired) electrons. The molecular weight excluding hydrogens is 198 g/mol. The molecule has 86 valence electrons. The number of nitrogens with zero attached hydrogens (tertiary/aromatic N) is 1. The van der Waals surface area contributed by atoms with Crippen molar-refractivity contribution in [3.8, 4) is 0 Å². The van der Waals surface area contributed by atoms with Gasteiger partial charge in [-0.2, -0.15) is 0 Å². The number of aryl methyl sites for hydroxylation is 1. The maximum atomic E-state index is 5.42. The molecule has 0 aliphatic heterocycles. The minimum Gasteiger partial charge on any atom is -0.381 e.